The van der Waals surface area contributed by atoms with Crippen LogP contribution in [0.4, 0.5) is 0 Å². The molecule has 3 aliphatic heterocycles. The first kappa shape index (κ1) is 14.6. The molecular weight excluding hydrogens is 316 g/mol. The average Bonchev–Trinajstić information content (AvgIpc) is 3.34. The molecule has 1 aromatic carbocycles. The third kappa shape index (κ3) is 1.64. The van der Waals surface area contributed by atoms with E-state index < -0.39 is 17.1 Å². The fraction of sp³-hybridized carbons (Fsp3) is 0.650. The third-order valence-corrected chi connectivity index (χ3v) is 7.46. The van der Waals surface area contributed by atoms with E-state index in [0.29, 0.717) is 13.0 Å². The van der Waals surface area contributed by atoms with Crippen LogP contribution in [0.5, 0.6) is 5.75 Å². The number of carbonyl (C=O) groups is 1. The van der Waals surface area contributed by atoms with E-state index in [1.54, 1.807) is 0 Å². The molecule has 132 valence electrons. The first-order chi connectivity index (χ1) is 12.1. The van der Waals surface area contributed by atoms with Crippen molar-refractivity contribution in [2.75, 3.05) is 19.6 Å². The van der Waals surface area contributed by atoms with Gasteiger partial charge in [-0.3, -0.25) is 9.69 Å². The second-order valence-electron chi connectivity index (χ2n) is 8.63. The number of nitrogens with zero attached hydrogens (tertiary/aromatic N) is 1. The molecule has 4 atom stereocenters. The molecule has 0 aromatic heterocycles. The van der Waals surface area contributed by atoms with E-state index in [9.17, 15) is 9.90 Å². The van der Waals surface area contributed by atoms with Crippen molar-refractivity contribution >= 4 is 5.91 Å². The van der Waals surface area contributed by atoms with Crippen molar-refractivity contribution in [1.82, 2.24) is 10.2 Å². The van der Waals surface area contributed by atoms with Crippen LogP contribution in [0.25, 0.3) is 0 Å². The molecule has 1 spiro atoms. The van der Waals surface area contributed by atoms with Crippen LogP contribution in [0.3, 0.4) is 0 Å². The van der Waals surface area contributed by atoms with E-state index in [2.05, 4.69) is 16.3 Å². The van der Waals surface area contributed by atoms with Gasteiger partial charge in [0.05, 0.1) is 11.0 Å². The molecule has 5 heteroatoms. The number of amides is 1. The van der Waals surface area contributed by atoms with Gasteiger partial charge in [0, 0.05) is 24.7 Å². The number of hydrogen-bond donors (Lipinski definition) is 2. The fourth-order valence-corrected chi connectivity index (χ4v) is 6.19. The molecule has 1 saturated carbocycles. The number of aliphatic hydroxyl groups is 1. The van der Waals surface area contributed by atoms with Gasteiger partial charge in [-0.1, -0.05) is 12.1 Å². The van der Waals surface area contributed by atoms with Gasteiger partial charge in [-0.2, -0.15) is 0 Å². The summed E-state index contributed by atoms with van der Waals surface area (Å²) >= 11 is 0. The second kappa shape index (κ2) is 4.57. The predicted octanol–water partition coefficient (Wildman–Crippen LogP) is 0.977. The molecular formula is C20H24N2O3. The van der Waals surface area contributed by atoms with Gasteiger partial charge < -0.3 is 15.2 Å². The molecule has 25 heavy (non-hydrogen) atoms. The van der Waals surface area contributed by atoms with Crippen molar-refractivity contribution < 1.29 is 14.6 Å². The SMILES string of the molecule is O=C1NCC[C@@]2(O)[C@H]3Cc4cccc5c4[C@@]2(CCN3CC2CC2)[C@H]1O5. The van der Waals surface area contributed by atoms with Crippen molar-refractivity contribution in [1.29, 1.82) is 0 Å². The summed E-state index contributed by atoms with van der Waals surface area (Å²) in [6, 6.07) is 6.25. The van der Waals surface area contributed by atoms with Crippen LogP contribution in [0, 0.1) is 5.92 Å². The summed E-state index contributed by atoms with van der Waals surface area (Å²) in [5, 5.41) is 15.1. The van der Waals surface area contributed by atoms with Crippen LogP contribution in [-0.4, -0.2) is 53.3 Å². The summed E-state index contributed by atoms with van der Waals surface area (Å²) < 4.78 is 6.17. The van der Waals surface area contributed by atoms with E-state index in [4.69, 9.17) is 4.74 Å². The maximum atomic E-state index is 12.8. The largest absolute Gasteiger partial charge is 0.479 e. The Kier molecular flexibility index (Phi) is 2.66. The standard InChI is InChI=1S/C20H24N2O3/c23-18-17-19-7-9-22(11-12-4-5-12)15(20(19,24)6-8-21-18)10-13-2-1-3-14(25-17)16(13)19/h1-3,12,15,17,24H,4-11H2,(H,21,23)/t15-,17+,19+,20-/m1/s1. The van der Waals surface area contributed by atoms with Crippen LogP contribution in [-0.2, 0) is 16.6 Å². The Morgan fingerprint density at radius 2 is 2.20 bits per heavy atom. The van der Waals surface area contributed by atoms with E-state index in [1.165, 1.54) is 18.4 Å². The third-order valence-electron chi connectivity index (χ3n) is 7.46. The Hall–Kier alpha value is -1.59. The lowest BCUT2D eigenvalue weighted by Gasteiger charge is -2.60. The van der Waals surface area contributed by atoms with Crippen molar-refractivity contribution in [2.45, 2.75) is 55.3 Å². The summed E-state index contributed by atoms with van der Waals surface area (Å²) in [6.45, 7) is 2.57. The van der Waals surface area contributed by atoms with Gasteiger partial charge in [-0.25, -0.2) is 0 Å². The fourth-order valence-electron chi connectivity index (χ4n) is 6.19. The Morgan fingerprint density at radius 1 is 1.32 bits per heavy atom. The molecule has 1 amide bonds. The lowest BCUT2D eigenvalue weighted by atomic mass is 9.52. The number of carbonyl (C=O) groups excluding carboxylic acids is 1. The summed E-state index contributed by atoms with van der Waals surface area (Å²) in [4.78, 5) is 15.3. The number of likely N-dealkylation sites (tertiary alicyclic amines) is 1. The minimum absolute atomic E-state index is 0.0608. The molecule has 3 heterocycles. The molecule has 0 radical (unpaired) electrons. The summed E-state index contributed by atoms with van der Waals surface area (Å²) in [6.07, 6.45) is 4.31. The van der Waals surface area contributed by atoms with Gasteiger partial charge in [0.1, 0.15) is 5.75 Å². The minimum atomic E-state index is -0.899. The molecule has 2 bridgehead atoms. The maximum absolute atomic E-state index is 12.8. The van der Waals surface area contributed by atoms with Crippen LogP contribution in [0.15, 0.2) is 18.2 Å². The Morgan fingerprint density at radius 3 is 3.04 bits per heavy atom. The molecule has 6 rings (SSSR count). The second-order valence-corrected chi connectivity index (χ2v) is 8.63. The van der Waals surface area contributed by atoms with Crippen LogP contribution >= 0.6 is 0 Å². The van der Waals surface area contributed by atoms with Gasteiger partial charge in [0.25, 0.3) is 5.91 Å². The number of hydrogen-bond acceptors (Lipinski definition) is 4. The van der Waals surface area contributed by atoms with E-state index in [1.807, 2.05) is 12.1 Å². The zero-order chi connectivity index (χ0) is 16.8. The Labute approximate surface area is 147 Å². The topological polar surface area (TPSA) is 61.8 Å². The lowest BCUT2D eigenvalue weighted by molar-refractivity contribution is -0.168. The van der Waals surface area contributed by atoms with Crippen LogP contribution in [0.2, 0.25) is 0 Å². The zero-order valence-corrected chi connectivity index (χ0v) is 14.3. The van der Waals surface area contributed by atoms with Gasteiger partial charge in [-0.05, 0) is 56.2 Å². The summed E-state index contributed by atoms with van der Waals surface area (Å²) in [5.41, 5.74) is 0.915. The molecule has 2 saturated heterocycles. The monoisotopic (exact) mass is 340 g/mol. The number of ether oxygens (including phenoxy) is 1. The highest BCUT2D eigenvalue weighted by atomic mass is 16.5. The Balaban J connectivity index is 1.57. The maximum Gasteiger partial charge on any atom is 0.262 e. The van der Waals surface area contributed by atoms with E-state index in [0.717, 1.165) is 43.2 Å². The van der Waals surface area contributed by atoms with E-state index >= 15 is 0 Å². The molecule has 0 unspecified atom stereocenters. The van der Waals surface area contributed by atoms with Gasteiger partial charge >= 0.3 is 0 Å². The van der Waals surface area contributed by atoms with Gasteiger partial charge in [0.2, 0.25) is 0 Å². The predicted molar refractivity (Wildman–Crippen MR) is 91.5 cm³/mol. The first-order valence-corrected chi connectivity index (χ1v) is 9.67. The zero-order valence-electron chi connectivity index (χ0n) is 14.3. The summed E-state index contributed by atoms with van der Waals surface area (Å²) in [7, 11) is 0. The number of nitrogens with one attached hydrogen (secondary N) is 1. The molecule has 5 aliphatic rings. The van der Waals surface area contributed by atoms with Gasteiger partial charge in [-0.15, -0.1) is 0 Å². The molecule has 2 N–H and O–H groups in total. The quantitative estimate of drug-likeness (QED) is 0.842. The molecule has 1 aromatic rings. The highest BCUT2D eigenvalue weighted by Crippen LogP contribution is 2.61. The van der Waals surface area contributed by atoms with Crippen molar-refractivity contribution in [3.63, 3.8) is 0 Å². The highest BCUT2D eigenvalue weighted by molar-refractivity contribution is 5.86. The van der Waals surface area contributed by atoms with Crippen molar-refractivity contribution in [3.8, 4) is 5.75 Å². The number of piperidine rings is 1. The van der Waals surface area contributed by atoms with Crippen LogP contribution < -0.4 is 10.1 Å². The van der Waals surface area contributed by atoms with Crippen molar-refractivity contribution in [2.24, 2.45) is 5.92 Å². The number of rotatable bonds is 2. The average molecular weight is 340 g/mol. The lowest BCUT2D eigenvalue weighted by Crippen LogP contribution is -2.74. The first-order valence-electron chi connectivity index (χ1n) is 9.67. The van der Waals surface area contributed by atoms with Crippen LogP contribution in [0.1, 0.15) is 36.8 Å². The summed E-state index contributed by atoms with van der Waals surface area (Å²) in [5.74, 6) is 1.55. The molecule has 5 nitrogen and oxygen atoms in total. The number of benzene rings is 1. The normalized spacial score (nSPS) is 41.6. The Bertz CT molecular complexity index is 776. The van der Waals surface area contributed by atoms with Gasteiger partial charge in [0.15, 0.2) is 6.10 Å². The molecule has 3 fully saturated rings. The van der Waals surface area contributed by atoms with Crippen molar-refractivity contribution in [3.05, 3.63) is 29.3 Å². The highest BCUT2D eigenvalue weighted by Gasteiger charge is 2.71. The minimum Gasteiger partial charge on any atom is -0.479 e. The van der Waals surface area contributed by atoms with E-state index in [-0.39, 0.29) is 11.9 Å². The smallest absolute Gasteiger partial charge is 0.262 e. The molecule has 2 aliphatic carbocycles.